The van der Waals surface area contributed by atoms with Crippen LogP contribution in [0.15, 0.2) is 152 Å². The molecule has 9 rings (SSSR count). The summed E-state index contributed by atoms with van der Waals surface area (Å²) in [6.07, 6.45) is 1.91. The number of para-hydroxylation sites is 1. The lowest BCUT2D eigenvalue weighted by molar-refractivity contribution is 1.35. The van der Waals surface area contributed by atoms with E-state index in [1.54, 1.807) is 0 Å². The summed E-state index contributed by atoms with van der Waals surface area (Å²) in [6.45, 7) is 0. The molecule has 3 heterocycles. The molecule has 0 radical (unpaired) electrons. The third kappa shape index (κ3) is 4.10. The van der Waals surface area contributed by atoms with Gasteiger partial charge in [0.1, 0.15) is 0 Å². The third-order valence-corrected chi connectivity index (χ3v) is 8.65. The fourth-order valence-electron chi connectivity index (χ4n) is 6.38. The lowest BCUT2D eigenvalue weighted by Gasteiger charge is -2.12. The van der Waals surface area contributed by atoms with Crippen LogP contribution in [0.1, 0.15) is 0 Å². The van der Waals surface area contributed by atoms with Crippen LogP contribution in [0.4, 0.5) is 0 Å². The van der Waals surface area contributed by atoms with Crippen molar-refractivity contribution in [2.75, 3.05) is 0 Å². The molecule has 0 aliphatic carbocycles. The topological polar surface area (TPSA) is 38.7 Å². The van der Waals surface area contributed by atoms with Crippen LogP contribution < -0.4 is 0 Å². The van der Waals surface area contributed by atoms with Crippen molar-refractivity contribution in [3.05, 3.63) is 152 Å². The number of rotatable bonds is 3. The zero-order valence-electron chi connectivity index (χ0n) is 23.8. The zero-order valence-corrected chi connectivity index (χ0v) is 23.8. The fourth-order valence-corrected chi connectivity index (χ4v) is 6.38. The summed E-state index contributed by atoms with van der Waals surface area (Å²) in [7, 11) is 0. The standard InChI is InChI=1S/C41H25N3/c1-3-9-33-30(7-1)22-36(35-11-5-4-10-34(33)35)39-20-18-27-14-16-29(24-41(27)44-39)28-15-13-26-17-19-38(43-40(26)23-28)32-21-31-8-2-6-12-37(31)42-25-32/h1-25H. The Morgan fingerprint density at radius 3 is 1.70 bits per heavy atom. The van der Waals surface area contributed by atoms with E-state index in [0.29, 0.717) is 0 Å². The number of nitrogens with zero attached hydrogens (tertiary/aromatic N) is 3. The van der Waals surface area contributed by atoms with Crippen LogP contribution in [0.25, 0.3) is 87.9 Å². The molecule has 0 bridgehead atoms. The highest BCUT2D eigenvalue weighted by Crippen LogP contribution is 2.35. The number of fused-ring (bicyclic) bond motifs is 6. The third-order valence-electron chi connectivity index (χ3n) is 8.65. The molecule has 3 nitrogen and oxygen atoms in total. The second-order valence-corrected chi connectivity index (χ2v) is 11.3. The average molecular weight is 560 g/mol. The van der Waals surface area contributed by atoms with Gasteiger partial charge < -0.3 is 0 Å². The smallest absolute Gasteiger partial charge is 0.0725 e. The number of hydrogen-bond acceptors (Lipinski definition) is 3. The molecule has 3 aromatic heterocycles. The molecule has 6 aromatic carbocycles. The van der Waals surface area contributed by atoms with Crippen LogP contribution in [0.5, 0.6) is 0 Å². The molecular weight excluding hydrogens is 534 g/mol. The molecule has 0 fully saturated rings. The van der Waals surface area contributed by atoms with Crippen molar-refractivity contribution in [2.24, 2.45) is 0 Å². The first-order valence-electron chi connectivity index (χ1n) is 14.8. The second kappa shape index (κ2) is 9.82. The fraction of sp³-hybridized carbons (Fsp3) is 0. The van der Waals surface area contributed by atoms with Crippen molar-refractivity contribution >= 4 is 54.3 Å². The monoisotopic (exact) mass is 559 g/mol. The highest BCUT2D eigenvalue weighted by molar-refractivity contribution is 6.13. The molecule has 204 valence electrons. The largest absolute Gasteiger partial charge is 0.256 e. The lowest BCUT2D eigenvalue weighted by Crippen LogP contribution is -1.90. The van der Waals surface area contributed by atoms with Gasteiger partial charge in [-0.3, -0.25) is 4.98 Å². The summed E-state index contributed by atoms with van der Waals surface area (Å²) < 4.78 is 0. The number of pyridine rings is 3. The van der Waals surface area contributed by atoms with Crippen molar-refractivity contribution in [3.63, 3.8) is 0 Å². The Kier molecular flexibility index (Phi) is 5.50. The van der Waals surface area contributed by atoms with E-state index in [-0.39, 0.29) is 0 Å². The minimum absolute atomic E-state index is 0.917. The highest BCUT2D eigenvalue weighted by Gasteiger charge is 2.11. The number of aromatic nitrogens is 3. The first-order valence-corrected chi connectivity index (χ1v) is 14.8. The van der Waals surface area contributed by atoms with Crippen LogP contribution in [-0.4, -0.2) is 15.0 Å². The van der Waals surface area contributed by atoms with Gasteiger partial charge in [0, 0.05) is 33.5 Å². The Balaban J connectivity index is 1.14. The summed E-state index contributed by atoms with van der Waals surface area (Å²) in [5, 5.41) is 8.29. The Bertz CT molecular complexity index is 2570. The molecular formula is C41H25N3. The first-order chi connectivity index (χ1) is 21.8. The maximum absolute atomic E-state index is 5.21. The molecule has 0 saturated heterocycles. The molecule has 9 aromatic rings. The quantitative estimate of drug-likeness (QED) is 0.202. The molecule has 3 heteroatoms. The molecule has 0 atom stereocenters. The van der Waals surface area contributed by atoms with Gasteiger partial charge in [0.25, 0.3) is 0 Å². The van der Waals surface area contributed by atoms with Gasteiger partial charge in [-0.15, -0.1) is 0 Å². The summed E-state index contributed by atoms with van der Waals surface area (Å²) in [6, 6.07) is 51.4. The molecule has 0 saturated carbocycles. The van der Waals surface area contributed by atoms with Gasteiger partial charge >= 0.3 is 0 Å². The van der Waals surface area contributed by atoms with Crippen LogP contribution in [0.3, 0.4) is 0 Å². The van der Waals surface area contributed by atoms with E-state index >= 15 is 0 Å². The minimum Gasteiger partial charge on any atom is -0.256 e. The van der Waals surface area contributed by atoms with Crippen molar-refractivity contribution in [1.29, 1.82) is 0 Å². The molecule has 0 aliphatic heterocycles. The highest BCUT2D eigenvalue weighted by atomic mass is 14.7. The van der Waals surface area contributed by atoms with Gasteiger partial charge in [0.2, 0.25) is 0 Å². The van der Waals surface area contributed by atoms with Gasteiger partial charge in [0.05, 0.1) is 27.9 Å². The lowest BCUT2D eigenvalue weighted by atomic mass is 9.95. The zero-order chi connectivity index (χ0) is 29.0. The van der Waals surface area contributed by atoms with Gasteiger partial charge in [-0.05, 0) is 75.1 Å². The predicted octanol–water partition coefficient (Wildman–Crippen LogP) is 10.6. The SMILES string of the molecule is c1ccc2ncc(-c3ccc4ccc(-c5ccc6ccc(-c7cc8ccccc8c8ccccc78)nc6c5)cc4n3)cc2c1. The van der Waals surface area contributed by atoms with Crippen molar-refractivity contribution in [2.45, 2.75) is 0 Å². The summed E-state index contributed by atoms with van der Waals surface area (Å²) >= 11 is 0. The van der Waals surface area contributed by atoms with Crippen LogP contribution in [0, 0.1) is 0 Å². The Labute approximate surface area is 254 Å². The Hall–Kier alpha value is -5.93. The molecule has 0 N–H and O–H groups in total. The van der Waals surface area contributed by atoms with Crippen molar-refractivity contribution in [3.8, 4) is 33.6 Å². The van der Waals surface area contributed by atoms with Gasteiger partial charge in [-0.1, -0.05) is 103 Å². The molecule has 0 amide bonds. The molecule has 0 spiro atoms. The molecule has 0 unspecified atom stereocenters. The normalized spacial score (nSPS) is 11.6. The van der Waals surface area contributed by atoms with Crippen LogP contribution in [0.2, 0.25) is 0 Å². The Morgan fingerprint density at radius 2 is 0.932 bits per heavy atom. The Morgan fingerprint density at radius 1 is 0.341 bits per heavy atom. The molecule has 44 heavy (non-hydrogen) atoms. The predicted molar refractivity (Wildman–Crippen MR) is 184 cm³/mol. The van der Waals surface area contributed by atoms with Crippen LogP contribution >= 0.6 is 0 Å². The van der Waals surface area contributed by atoms with Crippen LogP contribution in [-0.2, 0) is 0 Å². The average Bonchev–Trinajstić information content (AvgIpc) is 3.10. The van der Waals surface area contributed by atoms with Gasteiger partial charge in [-0.2, -0.15) is 0 Å². The van der Waals surface area contributed by atoms with E-state index in [1.165, 1.54) is 21.5 Å². The summed E-state index contributed by atoms with van der Waals surface area (Å²) in [5.41, 5.74) is 9.21. The van der Waals surface area contributed by atoms with Crippen molar-refractivity contribution in [1.82, 2.24) is 15.0 Å². The van der Waals surface area contributed by atoms with Gasteiger partial charge in [-0.25, -0.2) is 9.97 Å². The van der Waals surface area contributed by atoms with E-state index in [0.717, 1.165) is 66.4 Å². The molecule has 0 aliphatic rings. The van der Waals surface area contributed by atoms with E-state index in [4.69, 9.17) is 9.97 Å². The van der Waals surface area contributed by atoms with E-state index in [9.17, 15) is 0 Å². The minimum atomic E-state index is 0.917. The first kappa shape index (κ1) is 24.6. The summed E-state index contributed by atoms with van der Waals surface area (Å²) in [5.74, 6) is 0. The van der Waals surface area contributed by atoms with Crippen molar-refractivity contribution < 1.29 is 0 Å². The number of hydrogen-bond donors (Lipinski definition) is 0. The summed E-state index contributed by atoms with van der Waals surface area (Å²) in [4.78, 5) is 14.9. The maximum Gasteiger partial charge on any atom is 0.0725 e. The van der Waals surface area contributed by atoms with E-state index in [2.05, 4.69) is 132 Å². The van der Waals surface area contributed by atoms with E-state index in [1.807, 2.05) is 24.4 Å². The maximum atomic E-state index is 5.21. The second-order valence-electron chi connectivity index (χ2n) is 11.3. The number of benzene rings is 6. The van der Waals surface area contributed by atoms with Gasteiger partial charge in [0.15, 0.2) is 0 Å². The van der Waals surface area contributed by atoms with E-state index < -0.39 is 0 Å².